The molecular formula is C20H16ClNO5. The summed E-state index contributed by atoms with van der Waals surface area (Å²) in [7, 11) is 0. The van der Waals surface area contributed by atoms with Gasteiger partial charge >= 0.3 is 5.97 Å². The molecule has 6 nitrogen and oxygen atoms in total. The second-order valence-electron chi connectivity index (χ2n) is 6.24. The molecule has 1 aliphatic heterocycles. The van der Waals surface area contributed by atoms with Gasteiger partial charge in [0.1, 0.15) is 12.3 Å². The zero-order valence-corrected chi connectivity index (χ0v) is 15.1. The van der Waals surface area contributed by atoms with Crippen LogP contribution in [0.4, 0.5) is 0 Å². The second-order valence-corrected chi connectivity index (χ2v) is 6.67. The Morgan fingerprint density at radius 1 is 1.04 bits per heavy atom. The number of amides is 1. The molecule has 0 aliphatic carbocycles. The molecule has 1 aliphatic rings. The molecule has 2 N–H and O–H groups in total. The Morgan fingerprint density at radius 3 is 2.19 bits per heavy atom. The van der Waals surface area contributed by atoms with Gasteiger partial charge in [-0.15, -0.1) is 0 Å². The molecule has 1 saturated heterocycles. The van der Waals surface area contributed by atoms with Crippen molar-refractivity contribution in [2.45, 2.75) is 13.0 Å². The van der Waals surface area contributed by atoms with Crippen molar-refractivity contribution in [2.75, 3.05) is 6.54 Å². The molecule has 1 heterocycles. The van der Waals surface area contributed by atoms with E-state index in [2.05, 4.69) is 0 Å². The average molecular weight is 386 g/mol. The first kappa shape index (κ1) is 18.7. The number of carbonyl (C=O) groups is 3. The van der Waals surface area contributed by atoms with Gasteiger partial charge in [-0.25, -0.2) is 0 Å². The van der Waals surface area contributed by atoms with Crippen LogP contribution >= 0.6 is 11.6 Å². The Bertz CT molecular complexity index is 947. The summed E-state index contributed by atoms with van der Waals surface area (Å²) < 4.78 is 0. The van der Waals surface area contributed by atoms with Gasteiger partial charge in [0.05, 0.1) is 11.6 Å². The SMILES string of the molecule is Cc1ccc(C2C(=C(O)c3ccc(Cl)cc3)C(=O)C(=O)N2CC(=O)O)cc1. The van der Waals surface area contributed by atoms with Crippen LogP contribution in [0.1, 0.15) is 22.7 Å². The van der Waals surface area contributed by atoms with Gasteiger partial charge in [0.2, 0.25) is 0 Å². The summed E-state index contributed by atoms with van der Waals surface area (Å²) in [5.41, 5.74) is 1.67. The molecule has 2 aromatic carbocycles. The molecule has 27 heavy (non-hydrogen) atoms. The van der Waals surface area contributed by atoms with Crippen LogP contribution in [0.2, 0.25) is 5.02 Å². The molecule has 1 amide bonds. The molecular weight excluding hydrogens is 370 g/mol. The minimum atomic E-state index is -1.25. The molecule has 138 valence electrons. The van der Waals surface area contributed by atoms with Crippen LogP contribution < -0.4 is 0 Å². The number of nitrogens with zero attached hydrogens (tertiary/aromatic N) is 1. The molecule has 1 unspecified atom stereocenters. The molecule has 0 bridgehead atoms. The van der Waals surface area contributed by atoms with Crippen molar-refractivity contribution in [3.05, 3.63) is 75.8 Å². The number of Topliss-reactive ketones (excluding diaryl/α,β-unsaturated/α-hetero) is 1. The number of likely N-dealkylation sites (tertiary alicyclic amines) is 1. The van der Waals surface area contributed by atoms with Gasteiger partial charge in [0.15, 0.2) is 0 Å². The van der Waals surface area contributed by atoms with E-state index in [1.165, 1.54) is 12.1 Å². The minimum absolute atomic E-state index is 0.146. The highest BCUT2D eigenvalue weighted by Gasteiger charge is 2.46. The lowest BCUT2D eigenvalue weighted by Crippen LogP contribution is -2.34. The van der Waals surface area contributed by atoms with E-state index in [9.17, 15) is 19.5 Å². The maximum absolute atomic E-state index is 12.6. The fourth-order valence-corrected chi connectivity index (χ4v) is 3.17. The molecule has 1 atom stereocenters. The topological polar surface area (TPSA) is 94.9 Å². The molecule has 1 fully saturated rings. The first-order valence-electron chi connectivity index (χ1n) is 8.12. The Balaban J connectivity index is 2.19. The third-order valence-electron chi connectivity index (χ3n) is 4.36. The van der Waals surface area contributed by atoms with E-state index in [0.29, 0.717) is 16.1 Å². The fourth-order valence-electron chi connectivity index (χ4n) is 3.05. The van der Waals surface area contributed by atoms with E-state index in [-0.39, 0.29) is 11.3 Å². The smallest absolute Gasteiger partial charge is 0.323 e. The summed E-state index contributed by atoms with van der Waals surface area (Å²) in [5, 5.41) is 20.3. The Hall–Kier alpha value is -3.12. The number of carboxylic acid groups (broad SMARTS) is 1. The summed E-state index contributed by atoms with van der Waals surface area (Å²) in [6.07, 6.45) is 0. The molecule has 7 heteroatoms. The number of aliphatic hydroxyl groups is 1. The van der Waals surface area contributed by atoms with E-state index in [0.717, 1.165) is 10.5 Å². The van der Waals surface area contributed by atoms with Crippen molar-refractivity contribution in [1.29, 1.82) is 0 Å². The highest BCUT2D eigenvalue weighted by molar-refractivity contribution is 6.46. The Morgan fingerprint density at radius 2 is 1.63 bits per heavy atom. The van der Waals surface area contributed by atoms with Gasteiger partial charge in [0, 0.05) is 10.6 Å². The number of aryl methyl sites for hydroxylation is 1. The number of ketones is 1. The number of halogens is 1. The van der Waals surface area contributed by atoms with Gasteiger partial charge in [-0.2, -0.15) is 0 Å². The summed E-state index contributed by atoms with van der Waals surface area (Å²) in [6.45, 7) is 1.23. The molecule has 0 aromatic heterocycles. The number of carboxylic acids is 1. The largest absolute Gasteiger partial charge is 0.507 e. The minimum Gasteiger partial charge on any atom is -0.507 e. The van der Waals surface area contributed by atoms with Gasteiger partial charge in [-0.05, 0) is 36.8 Å². The van der Waals surface area contributed by atoms with Gasteiger partial charge in [-0.1, -0.05) is 41.4 Å². The first-order valence-corrected chi connectivity index (χ1v) is 8.50. The Kier molecular flexibility index (Phi) is 5.01. The molecule has 0 radical (unpaired) electrons. The highest BCUT2D eigenvalue weighted by atomic mass is 35.5. The molecule has 2 aromatic rings. The van der Waals surface area contributed by atoms with Crippen molar-refractivity contribution in [3.8, 4) is 0 Å². The normalized spacial score (nSPS) is 18.7. The molecule has 3 rings (SSSR count). The lowest BCUT2D eigenvalue weighted by atomic mass is 9.95. The maximum atomic E-state index is 12.6. The number of hydrogen-bond donors (Lipinski definition) is 2. The van der Waals surface area contributed by atoms with Gasteiger partial charge < -0.3 is 15.1 Å². The van der Waals surface area contributed by atoms with E-state index in [1.807, 2.05) is 6.92 Å². The zero-order valence-electron chi connectivity index (χ0n) is 14.3. The van der Waals surface area contributed by atoms with Crippen LogP contribution in [-0.4, -0.2) is 39.3 Å². The predicted molar refractivity (Wildman–Crippen MR) is 99.3 cm³/mol. The number of hydrogen-bond acceptors (Lipinski definition) is 4. The van der Waals surface area contributed by atoms with Crippen molar-refractivity contribution in [1.82, 2.24) is 4.90 Å². The van der Waals surface area contributed by atoms with Crippen molar-refractivity contribution in [2.24, 2.45) is 0 Å². The third kappa shape index (κ3) is 3.57. The number of aliphatic hydroxyl groups excluding tert-OH is 1. The van der Waals surface area contributed by atoms with Crippen molar-refractivity contribution < 1.29 is 24.6 Å². The van der Waals surface area contributed by atoms with Crippen LogP contribution in [0.25, 0.3) is 5.76 Å². The monoisotopic (exact) mass is 385 g/mol. The zero-order chi connectivity index (χ0) is 19.7. The average Bonchev–Trinajstić information content (AvgIpc) is 2.87. The van der Waals surface area contributed by atoms with Crippen LogP contribution in [0, 0.1) is 6.92 Å². The van der Waals surface area contributed by atoms with Crippen molar-refractivity contribution in [3.63, 3.8) is 0 Å². The van der Waals surface area contributed by atoms with E-state index >= 15 is 0 Å². The fraction of sp³-hybridized carbons (Fsp3) is 0.150. The second kappa shape index (κ2) is 7.25. The van der Waals surface area contributed by atoms with Crippen LogP contribution in [-0.2, 0) is 14.4 Å². The molecule has 0 spiro atoms. The number of carbonyl (C=O) groups excluding carboxylic acids is 2. The lowest BCUT2D eigenvalue weighted by Gasteiger charge is -2.23. The molecule has 0 saturated carbocycles. The number of benzene rings is 2. The van der Waals surface area contributed by atoms with Crippen molar-refractivity contribution >= 4 is 35.0 Å². The predicted octanol–water partition coefficient (Wildman–Crippen LogP) is 3.15. The Labute approximate surface area is 160 Å². The first-order chi connectivity index (χ1) is 12.8. The van der Waals surface area contributed by atoms with Crippen LogP contribution in [0.5, 0.6) is 0 Å². The summed E-state index contributed by atoms with van der Waals surface area (Å²) in [6, 6.07) is 12.1. The maximum Gasteiger partial charge on any atom is 0.323 e. The standard InChI is InChI=1S/C20H16ClNO5/c1-11-2-4-12(5-3-11)17-16(18(25)13-6-8-14(21)9-7-13)19(26)20(27)22(17)10-15(23)24/h2-9,17,25H,10H2,1H3,(H,23,24). The highest BCUT2D eigenvalue weighted by Crippen LogP contribution is 2.39. The lowest BCUT2D eigenvalue weighted by molar-refractivity contribution is -0.146. The number of rotatable bonds is 4. The summed E-state index contributed by atoms with van der Waals surface area (Å²) in [4.78, 5) is 37.2. The van der Waals surface area contributed by atoms with Crippen LogP contribution in [0.15, 0.2) is 54.1 Å². The third-order valence-corrected chi connectivity index (χ3v) is 4.61. The summed E-state index contributed by atoms with van der Waals surface area (Å²) >= 11 is 5.86. The van der Waals surface area contributed by atoms with Crippen LogP contribution in [0.3, 0.4) is 0 Å². The van der Waals surface area contributed by atoms with Gasteiger partial charge in [0.25, 0.3) is 11.7 Å². The summed E-state index contributed by atoms with van der Waals surface area (Å²) in [5.74, 6) is -3.50. The number of aliphatic carboxylic acids is 1. The van der Waals surface area contributed by atoms with Gasteiger partial charge in [-0.3, -0.25) is 14.4 Å². The van der Waals surface area contributed by atoms with E-state index in [1.54, 1.807) is 36.4 Å². The quantitative estimate of drug-likeness (QED) is 0.479. The van der Waals surface area contributed by atoms with E-state index in [4.69, 9.17) is 16.7 Å². The van der Waals surface area contributed by atoms with E-state index < -0.39 is 30.2 Å².